The van der Waals surface area contributed by atoms with Crippen LogP contribution in [0, 0.1) is 5.92 Å². The van der Waals surface area contributed by atoms with Crippen LogP contribution in [0.15, 0.2) is 0 Å². The molecule has 2 aliphatic rings. The molecule has 4 heteroatoms. The van der Waals surface area contributed by atoms with Gasteiger partial charge in [0.2, 0.25) is 0 Å². The molecule has 124 valence electrons. The van der Waals surface area contributed by atoms with Crippen molar-refractivity contribution in [3.63, 3.8) is 0 Å². The second-order valence-electron chi connectivity index (χ2n) is 6.86. The molecule has 21 heavy (non-hydrogen) atoms. The van der Waals surface area contributed by atoms with Gasteiger partial charge in [-0.2, -0.15) is 0 Å². The van der Waals surface area contributed by atoms with Gasteiger partial charge in [0.1, 0.15) is 0 Å². The van der Waals surface area contributed by atoms with Crippen LogP contribution in [0.2, 0.25) is 0 Å². The minimum atomic E-state index is 0.491. The number of rotatable bonds is 9. The van der Waals surface area contributed by atoms with Crippen LogP contribution in [-0.4, -0.2) is 75.4 Å². The van der Waals surface area contributed by atoms with E-state index in [0.29, 0.717) is 6.04 Å². The molecule has 0 aromatic carbocycles. The van der Waals surface area contributed by atoms with E-state index in [-0.39, 0.29) is 0 Å². The van der Waals surface area contributed by atoms with Gasteiger partial charge in [0.05, 0.1) is 6.61 Å². The Kier molecular flexibility index (Phi) is 8.01. The highest BCUT2D eigenvalue weighted by molar-refractivity contribution is 4.80. The number of nitrogens with zero attached hydrogens (tertiary/aromatic N) is 2. The summed E-state index contributed by atoms with van der Waals surface area (Å²) in [5.41, 5.74) is 0. The first kappa shape index (κ1) is 17.2. The van der Waals surface area contributed by atoms with Gasteiger partial charge in [-0.05, 0) is 70.7 Å². The van der Waals surface area contributed by atoms with Crippen molar-refractivity contribution < 1.29 is 4.74 Å². The van der Waals surface area contributed by atoms with Crippen LogP contribution in [-0.2, 0) is 4.74 Å². The monoisotopic (exact) mass is 297 g/mol. The topological polar surface area (TPSA) is 27.7 Å². The minimum absolute atomic E-state index is 0.491. The molecule has 1 atom stereocenters. The Morgan fingerprint density at radius 1 is 1.10 bits per heavy atom. The third-order valence-electron chi connectivity index (χ3n) is 4.95. The van der Waals surface area contributed by atoms with Crippen LogP contribution in [0.1, 0.15) is 39.0 Å². The molecule has 2 saturated heterocycles. The highest BCUT2D eigenvalue weighted by Gasteiger charge is 2.24. The van der Waals surface area contributed by atoms with Gasteiger partial charge in [-0.15, -0.1) is 0 Å². The number of hydrogen-bond donors (Lipinski definition) is 1. The van der Waals surface area contributed by atoms with Gasteiger partial charge in [-0.1, -0.05) is 6.92 Å². The maximum atomic E-state index is 5.36. The maximum absolute atomic E-state index is 5.36. The van der Waals surface area contributed by atoms with E-state index < -0.39 is 0 Å². The van der Waals surface area contributed by atoms with E-state index in [1.165, 1.54) is 64.8 Å². The summed E-state index contributed by atoms with van der Waals surface area (Å²) in [6, 6.07) is 0.491. The number of methoxy groups -OCH3 is 1. The number of nitrogens with one attached hydrogen (secondary N) is 1. The average Bonchev–Trinajstić information content (AvgIpc) is 3.00. The van der Waals surface area contributed by atoms with Crippen molar-refractivity contribution >= 4 is 0 Å². The Hall–Kier alpha value is -0.160. The van der Waals surface area contributed by atoms with Crippen LogP contribution in [0.4, 0.5) is 0 Å². The van der Waals surface area contributed by atoms with Gasteiger partial charge in [0, 0.05) is 26.2 Å². The van der Waals surface area contributed by atoms with Crippen molar-refractivity contribution in [1.29, 1.82) is 0 Å². The summed E-state index contributed by atoms with van der Waals surface area (Å²) in [5, 5.41) is 3.61. The van der Waals surface area contributed by atoms with Crippen molar-refractivity contribution in [3.8, 4) is 0 Å². The summed E-state index contributed by atoms with van der Waals surface area (Å²) >= 11 is 0. The normalized spacial score (nSPS) is 23.7. The molecule has 0 aliphatic carbocycles. The fourth-order valence-corrected chi connectivity index (χ4v) is 3.72. The van der Waals surface area contributed by atoms with Crippen LogP contribution in [0.3, 0.4) is 0 Å². The molecule has 0 aromatic rings. The lowest BCUT2D eigenvalue weighted by Gasteiger charge is -2.35. The summed E-state index contributed by atoms with van der Waals surface area (Å²) in [4.78, 5) is 5.31. The van der Waals surface area contributed by atoms with E-state index in [1.54, 1.807) is 0 Å². The van der Waals surface area contributed by atoms with Gasteiger partial charge in [-0.3, -0.25) is 0 Å². The molecule has 0 aromatic heterocycles. The SMILES string of the molecule is CCCNC(COC)CN1CCC(CN2CCCC2)CC1. The van der Waals surface area contributed by atoms with Crippen molar-refractivity contribution in [1.82, 2.24) is 15.1 Å². The summed E-state index contributed by atoms with van der Waals surface area (Å²) in [7, 11) is 1.81. The highest BCUT2D eigenvalue weighted by Crippen LogP contribution is 2.20. The van der Waals surface area contributed by atoms with E-state index in [9.17, 15) is 0 Å². The molecule has 0 bridgehead atoms. The van der Waals surface area contributed by atoms with E-state index in [0.717, 1.165) is 25.6 Å². The molecule has 2 rings (SSSR count). The third-order valence-corrected chi connectivity index (χ3v) is 4.95. The van der Waals surface area contributed by atoms with Gasteiger partial charge >= 0.3 is 0 Å². The predicted molar refractivity (Wildman–Crippen MR) is 88.8 cm³/mol. The predicted octanol–water partition coefficient (Wildman–Crippen LogP) is 1.81. The lowest BCUT2D eigenvalue weighted by Crippen LogP contribution is -2.47. The van der Waals surface area contributed by atoms with E-state index >= 15 is 0 Å². The summed E-state index contributed by atoms with van der Waals surface area (Å²) in [6.07, 6.45) is 6.79. The molecule has 1 unspecified atom stereocenters. The summed E-state index contributed by atoms with van der Waals surface area (Å²) in [5.74, 6) is 0.934. The first-order chi connectivity index (χ1) is 10.3. The van der Waals surface area contributed by atoms with Gasteiger partial charge in [0.15, 0.2) is 0 Å². The fraction of sp³-hybridized carbons (Fsp3) is 1.00. The molecular weight excluding hydrogens is 262 g/mol. The molecule has 0 amide bonds. The quantitative estimate of drug-likeness (QED) is 0.702. The Labute approximate surface area is 131 Å². The average molecular weight is 297 g/mol. The second-order valence-corrected chi connectivity index (χ2v) is 6.86. The van der Waals surface area contributed by atoms with Crippen molar-refractivity contribution in [3.05, 3.63) is 0 Å². The van der Waals surface area contributed by atoms with E-state index in [1.807, 2.05) is 7.11 Å². The van der Waals surface area contributed by atoms with Gasteiger partial charge in [0.25, 0.3) is 0 Å². The van der Waals surface area contributed by atoms with Crippen molar-refractivity contribution in [2.75, 3.05) is 59.5 Å². The molecule has 0 spiro atoms. The number of ether oxygens (including phenoxy) is 1. The van der Waals surface area contributed by atoms with Crippen molar-refractivity contribution in [2.24, 2.45) is 5.92 Å². The van der Waals surface area contributed by atoms with E-state index in [2.05, 4.69) is 22.0 Å². The second kappa shape index (κ2) is 9.78. The molecule has 2 aliphatic heterocycles. The van der Waals surface area contributed by atoms with Crippen LogP contribution in [0.25, 0.3) is 0 Å². The lowest BCUT2D eigenvalue weighted by atomic mass is 9.96. The minimum Gasteiger partial charge on any atom is -0.383 e. The van der Waals surface area contributed by atoms with Crippen molar-refractivity contribution in [2.45, 2.75) is 45.1 Å². The maximum Gasteiger partial charge on any atom is 0.0628 e. The zero-order valence-corrected chi connectivity index (χ0v) is 14.1. The zero-order chi connectivity index (χ0) is 14.9. The first-order valence-corrected chi connectivity index (χ1v) is 8.98. The zero-order valence-electron chi connectivity index (χ0n) is 14.1. The first-order valence-electron chi connectivity index (χ1n) is 8.98. The summed E-state index contributed by atoms with van der Waals surface area (Å²) in [6.45, 7) is 11.9. The van der Waals surface area contributed by atoms with Crippen LogP contribution >= 0.6 is 0 Å². The molecule has 2 fully saturated rings. The Morgan fingerprint density at radius 3 is 2.43 bits per heavy atom. The molecule has 1 N–H and O–H groups in total. The molecule has 4 nitrogen and oxygen atoms in total. The van der Waals surface area contributed by atoms with E-state index in [4.69, 9.17) is 4.74 Å². The number of hydrogen-bond acceptors (Lipinski definition) is 4. The largest absolute Gasteiger partial charge is 0.383 e. The van der Waals surface area contributed by atoms with Crippen LogP contribution in [0.5, 0.6) is 0 Å². The third kappa shape index (κ3) is 6.23. The smallest absolute Gasteiger partial charge is 0.0628 e. The molecule has 0 radical (unpaired) electrons. The number of piperidine rings is 1. The molecule has 2 heterocycles. The van der Waals surface area contributed by atoms with Gasteiger partial charge in [-0.25, -0.2) is 0 Å². The Bertz CT molecular complexity index is 261. The Balaban J connectivity index is 1.64. The summed E-state index contributed by atoms with van der Waals surface area (Å²) < 4.78 is 5.36. The standard InChI is InChI=1S/C17H35N3O/c1-3-8-18-17(15-21-2)14-20-11-6-16(7-12-20)13-19-9-4-5-10-19/h16-18H,3-15H2,1-2H3. The fourth-order valence-electron chi connectivity index (χ4n) is 3.72. The Morgan fingerprint density at radius 2 is 1.81 bits per heavy atom. The molecular formula is C17H35N3O. The lowest BCUT2D eigenvalue weighted by molar-refractivity contribution is 0.110. The highest BCUT2D eigenvalue weighted by atomic mass is 16.5. The molecule has 0 saturated carbocycles. The van der Waals surface area contributed by atoms with Gasteiger partial charge < -0.3 is 19.9 Å². The van der Waals surface area contributed by atoms with Crippen LogP contribution < -0.4 is 5.32 Å². The number of likely N-dealkylation sites (tertiary alicyclic amines) is 2.